The minimum Gasteiger partial charge on any atom is -0.381 e. The Bertz CT molecular complexity index is 661. The van der Waals surface area contributed by atoms with Gasteiger partial charge in [0.2, 0.25) is 0 Å². The second-order valence-electron chi connectivity index (χ2n) is 6.11. The summed E-state index contributed by atoms with van der Waals surface area (Å²) in [6.07, 6.45) is 0. The Hall–Kier alpha value is -2.34. The minimum absolute atomic E-state index is 0.0584. The molecule has 0 bridgehead atoms. The van der Waals surface area contributed by atoms with Crippen LogP contribution in [0.2, 0.25) is 0 Å². The first-order chi connectivity index (χ1) is 9.90. The van der Waals surface area contributed by atoms with Gasteiger partial charge in [0, 0.05) is 12.2 Å². The van der Waals surface area contributed by atoms with Gasteiger partial charge in [0.1, 0.15) is 11.9 Å². The van der Waals surface area contributed by atoms with Crippen LogP contribution in [0.15, 0.2) is 42.5 Å². The van der Waals surface area contributed by atoms with E-state index in [-0.39, 0.29) is 11.0 Å². The zero-order valence-corrected chi connectivity index (χ0v) is 12.6. The van der Waals surface area contributed by atoms with Crippen molar-refractivity contribution >= 4 is 5.69 Å². The minimum atomic E-state index is -0.488. The van der Waals surface area contributed by atoms with Crippen LogP contribution in [0.5, 0.6) is 0 Å². The molecule has 21 heavy (non-hydrogen) atoms. The van der Waals surface area contributed by atoms with Gasteiger partial charge in [0.15, 0.2) is 0 Å². The number of nitrogens with zero attached hydrogens (tertiary/aromatic N) is 1. The lowest BCUT2D eigenvalue weighted by atomic mass is 9.87. The summed E-state index contributed by atoms with van der Waals surface area (Å²) in [4.78, 5) is 0. The first-order valence-corrected chi connectivity index (χ1v) is 6.93. The maximum atomic E-state index is 13.2. The highest BCUT2D eigenvalue weighted by Gasteiger charge is 2.12. The second kappa shape index (κ2) is 5.97. The average Bonchev–Trinajstić information content (AvgIpc) is 2.46. The Morgan fingerprint density at radius 1 is 1.10 bits per heavy atom. The molecular formula is C18H19FN2. The zero-order chi connectivity index (χ0) is 15.5. The third-order valence-corrected chi connectivity index (χ3v) is 3.40. The number of anilines is 1. The Labute approximate surface area is 125 Å². The van der Waals surface area contributed by atoms with Crippen molar-refractivity contribution in [3.63, 3.8) is 0 Å². The monoisotopic (exact) mass is 282 g/mol. The van der Waals surface area contributed by atoms with Gasteiger partial charge in [-0.25, -0.2) is 4.39 Å². The predicted molar refractivity (Wildman–Crippen MR) is 83.6 cm³/mol. The van der Waals surface area contributed by atoms with Crippen molar-refractivity contribution in [1.82, 2.24) is 0 Å². The second-order valence-corrected chi connectivity index (χ2v) is 6.11. The summed E-state index contributed by atoms with van der Waals surface area (Å²) in [7, 11) is 0. The van der Waals surface area contributed by atoms with Gasteiger partial charge in [-0.3, -0.25) is 0 Å². The SMILES string of the molecule is CC(C)(C)c1ccc(CNc2ccc(F)c(C#N)c2)cc1. The van der Waals surface area contributed by atoms with Crippen LogP contribution in [-0.2, 0) is 12.0 Å². The quantitative estimate of drug-likeness (QED) is 0.892. The highest BCUT2D eigenvalue weighted by Crippen LogP contribution is 2.22. The number of nitriles is 1. The lowest BCUT2D eigenvalue weighted by Crippen LogP contribution is -2.11. The fourth-order valence-electron chi connectivity index (χ4n) is 2.05. The van der Waals surface area contributed by atoms with Gasteiger partial charge in [0.05, 0.1) is 5.56 Å². The summed E-state index contributed by atoms with van der Waals surface area (Å²) in [5, 5.41) is 12.0. The Balaban J connectivity index is 2.05. The normalized spacial score (nSPS) is 11.0. The van der Waals surface area contributed by atoms with Gasteiger partial charge >= 0.3 is 0 Å². The summed E-state index contributed by atoms with van der Waals surface area (Å²) in [5.41, 5.74) is 3.38. The molecule has 3 heteroatoms. The zero-order valence-electron chi connectivity index (χ0n) is 12.6. The molecule has 1 N–H and O–H groups in total. The average molecular weight is 282 g/mol. The maximum Gasteiger partial charge on any atom is 0.141 e. The Morgan fingerprint density at radius 3 is 2.33 bits per heavy atom. The molecule has 0 aliphatic carbocycles. The van der Waals surface area contributed by atoms with Gasteiger partial charge in [-0.2, -0.15) is 5.26 Å². The van der Waals surface area contributed by atoms with E-state index in [0.29, 0.717) is 6.54 Å². The van der Waals surface area contributed by atoms with Gasteiger partial charge in [-0.15, -0.1) is 0 Å². The molecule has 0 aromatic heterocycles. The molecule has 0 heterocycles. The molecule has 2 aromatic carbocycles. The molecule has 108 valence electrons. The molecule has 0 saturated carbocycles. The highest BCUT2D eigenvalue weighted by molar-refractivity contribution is 5.50. The molecule has 0 atom stereocenters. The fourth-order valence-corrected chi connectivity index (χ4v) is 2.05. The van der Waals surface area contributed by atoms with E-state index in [1.807, 2.05) is 6.07 Å². The van der Waals surface area contributed by atoms with Crippen LogP contribution in [0.3, 0.4) is 0 Å². The topological polar surface area (TPSA) is 35.8 Å². The number of nitrogens with one attached hydrogen (secondary N) is 1. The number of hydrogen-bond donors (Lipinski definition) is 1. The molecular weight excluding hydrogens is 263 g/mol. The molecule has 2 rings (SSSR count). The van der Waals surface area contributed by atoms with Crippen molar-refractivity contribution in [2.45, 2.75) is 32.7 Å². The first-order valence-electron chi connectivity index (χ1n) is 6.93. The molecule has 0 spiro atoms. The van der Waals surface area contributed by atoms with E-state index in [4.69, 9.17) is 5.26 Å². The van der Waals surface area contributed by atoms with Crippen LogP contribution in [0, 0.1) is 17.1 Å². The van der Waals surface area contributed by atoms with Crippen molar-refractivity contribution in [3.05, 3.63) is 65.0 Å². The van der Waals surface area contributed by atoms with Crippen molar-refractivity contribution in [2.75, 3.05) is 5.32 Å². The van der Waals surface area contributed by atoms with Gasteiger partial charge in [-0.1, -0.05) is 45.0 Å². The largest absolute Gasteiger partial charge is 0.381 e. The Morgan fingerprint density at radius 2 is 1.76 bits per heavy atom. The summed E-state index contributed by atoms with van der Waals surface area (Å²) in [6.45, 7) is 7.19. The summed E-state index contributed by atoms with van der Waals surface area (Å²) < 4.78 is 13.2. The molecule has 0 radical (unpaired) electrons. The van der Waals surface area contributed by atoms with Crippen molar-refractivity contribution < 1.29 is 4.39 Å². The van der Waals surface area contributed by atoms with Crippen molar-refractivity contribution in [3.8, 4) is 6.07 Å². The number of hydrogen-bond acceptors (Lipinski definition) is 2. The summed E-state index contributed by atoms with van der Waals surface area (Å²) in [6, 6.07) is 14.7. The number of halogens is 1. The summed E-state index contributed by atoms with van der Waals surface area (Å²) >= 11 is 0. The van der Waals surface area contributed by atoms with E-state index in [1.54, 1.807) is 6.07 Å². The van der Waals surface area contributed by atoms with Crippen molar-refractivity contribution in [1.29, 1.82) is 5.26 Å². The van der Waals surface area contributed by atoms with Crippen LogP contribution in [0.1, 0.15) is 37.5 Å². The maximum absolute atomic E-state index is 13.2. The lowest BCUT2D eigenvalue weighted by molar-refractivity contribution is 0.590. The molecule has 2 aromatic rings. The third-order valence-electron chi connectivity index (χ3n) is 3.40. The van der Waals surface area contributed by atoms with E-state index in [9.17, 15) is 4.39 Å². The van der Waals surface area contributed by atoms with E-state index in [2.05, 4.69) is 50.4 Å². The molecule has 0 aliphatic rings. The van der Waals surface area contributed by atoms with Crippen LogP contribution in [0.25, 0.3) is 0 Å². The summed E-state index contributed by atoms with van der Waals surface area (Å²) in [5.74, 6) is -0.488. The predicted octanol–water partition coefficient (Wildman–Crippen LogP) is 4.61. The van der Waals surface area contributed by atoms with Gasteiger partial charge in [-0.05, 0) is 34.7 Å². The Kier molecular flexibility index (Phi) is 4.28. The van der Waals surface area contributed by atoms with Crippen LogP contribution in [-0.4, -0.2) is 0 Å². The van der Waals surface area contributed by atoms with E-state index >= 15 is 0 Å². The van der Waals surface area contributed by atoms with Crippen LogP contribution >= 0.6 is 0 Å². The third kappa shape index (κ3) is 3.82. The number of rotatable bonds is 3. The van der Waals surface area contributed by atoms with Crippen molar-refractivity contribution in [2.24, 2.45) is 0 Å². The lowest BCUT2D eigenvalue weighted by Gasteiger charge is -2.19. The van der Waals surface area contributed by atoms with Crippen LogP contribution < -0.4 is 5.32 Å². The molecule has 0 aliphatic heterocycles. The highest BCUT2D eigenvalue weighted by atomic mass is 19.1. The molecule has 0 unspecified atom stereocenters. The van der Waals surface area contributed by atoms with E-state index in [0.717, 1.165) is 11.3 Å². The molecule has 0 saturated heterocycles. The van der Waals surface area contributed by atoms with Gasteiger partial charge < -0.3 is 5.32 Å². The molecule has 0 amide bonds. The van der Waals surface area contributed by atoms with Crippen LogP contribution in [0.4, 0.5) is 10.1 Å². The number of benzene rings is 2. The first kappa shape index (κ1) is 15.1. The van der Waals surface area contributed by atoms with Gasteiger partial charge in [0.25, 0.3) is 0 Å². The van der Waals surface area contributed by atoms with E-state index in [1.165, 1.54) is 17.7 Å². The molecule has 0 fully saturated rings. The fraction of sp³-hybridized carbons (Fsp3) is 0.278. The standard InChI is InChI=1S/C18H19FN2/c1-18(2,3)15-6-4-13(5-7-15)12-21-16-8-9-17(19)14(10-16)11-20/h4-10,21H,12H2,1-3H3. The smallest absolute Gasteiger partial charge is 0.141 e. The molecule has 2 nitrogen and oxygen atoms in total. The van der Waals surface area contributed by atoms with E-state index < -0.39 is 5.82 Å².